The van der Waals surface area contributed by atoms with E-state index in [4.69, 9.17) is 0 Å². The number of hydrogen-bond acceptors (Lipinski definition) is 1. The van der Waals surface area contributed by atoms with E-state index < -0.39 is 0 Å². The first-order chi connectivity index (χ1) is 6.60. The topological polar surface area (TPSA) is 17.1 Å². The number of carbonyl (C=O) groups excluding carboxylic acids is 1. The van der Waals surface area contributed by atoms with Gasteiger partial charge < -0.3 is 0 Å². The van der Waals surface area contributed by atoms with Crippen molar-refractivity contribution >= 4 is 5.78 Å². The summed E-state index contributed by atoms with van der Waals surface area (Å²) in [5, 5.41) is 0. The van der Waals surface area contributed by atoms with Crippen molar-refractivity contribution in [1.29, 1.82) is 0 Å². The zero-order valence-electron chi connectivity index (χ0n) is 8.22. The van der Waals surface area contributed by atoms with Gasteiger partial charge in [0.15, 0.2) is 0 Å². The highest BCUT2D eigenvalue weighted by molar-refractivity contribution is 5.82. The third-order valence-corrected chi connectivity index (χ3v) is 3.06. The van der Waals surface area contributed by atoms with Crippen molar-refractivity contribution in [3.8, 4) is 0 Å². The summed E-state index contributed by atoms with van der Waals surface area (Å²) in [5.41, 5.74) is 0.808. The molecule has 74 valence electrons. The lowest BCUT2D eigenvalue weighted by Crippen LogP contribution is -2.17. The number of benzene rings is 1. The molecule has 0 saturated heterocycles. The van der Waals surface area contributed by atoms with Crippen LogP contribution >= 0.6 is 0 Å². The molecular formula is C12H13FO. The van der Waals surface area contributed by atoms with Gasteiger partial charge in [-0.2, -0.15) is 0 Å². The normalized spacial score (nSPS) is 26.9. The van der Waals surface area contributed by atoms with Crippen LogP contribution in [0.4, 0.5) is 4.39 Å². The summed E-state index contributed by atoms with van der Waals surface area (Å²) in [6.07, 6.45) is 2.03. The molecule has 1 nitrogen and oxygen atoms in total. The van der Waals surface area contributed by atoms with E-state index in [1.54, 1.807) is 12.1 Å². The van der Waals surface area contributed by atoms with Gasteiger partial charge in [0.25, 0.3) is 0 Å². The summed E-state index contributed by atoms with van der Waals surface area (Å²) in [7, 11) is 0. The smallest absolute Gasteiger partial charge is 0.133 e. The van der Waals surface area contributed by atoms with Gasteiger partial charge in [0.2, 0.25) is 0 Å². The van der Waals surface area contributed by atoms with Gasteiger partial charge in [0.1, 0.15) is 11.6 Å². The van der Waals surface area contributed by atoms with E-state index in [1.807, 2.05) is 13.0 Å². The van der Waals surface area contributed by atoms with Crippen LogP contribution in [0, 0.1) is 5.82 Å². The minimum absolute atomic E-state index is 0.140. The number of ketones is 1. The first-order valence-electron chi connectivity index (χ1n) is 4.88. The predicted molar refractivity (Wildman–Crippen MR) is 52.6 cm³/mol. The highest BCUT2D eigenvalue weighted by Crippen LogP contribution is 2.38. The fraction of sp³-hybridized carbons (Fsp3) is 0.417. The van der Waals surface area contributed by atoms with E-state index in [0.717, 1.165) is 12.0 Å². The average Bonchev–Trinajstić information content (AvgIpc) is 2.48. The van der Waals surface area contributed by atoms with Crippen LogP contribution in [0.1, 0.15) is 31.7 Å². The molecule has 0 bridgehead atoms. The summed E-state index contributed by atoms with van der Waals surface area (Å²) in [6, 6.07) is 6.59. The summed E-state index contributed by atoms with van der Waals surface area (Å²) in [5.74, 6) is 0.0693. The number of hydrogen-bond donors (Lipinski definition) is 0. The molecule has 0 aromatic heterocycles. The van der Waals surface area contributed by atoms with Gasteiger partial charge >= 0.3 is 0 Å². The minimum Gasteiger partial charge on any atom is -0.300 e. The lowest BCUT2D eigenvalue weighted by molar-refractivity contribution is -0.117. The molecule has 0 N–H and O–H groups in total. The molecule has 0 aliphatic heterocycles. The fourth-order valence-electron chi connectivity index (χ4n) is 2.14. The first-order valence-corrected chi connectivity index (χ1v) is 4.88. The Morgan fingerprint density at radius 1 is 1.43 bits per heavy atom. The van der Waals surface area contributed by atoms with E-state index in [0.29, 0.717) is 12.8 Å². The zero-order valence-corrected chi connectivity index (χ0v) is 8.22. The van der Waals surface area contributed by atoms with Crippen LogP contribution in [0.3, 0.4) is 0 Å². The predicted octanol–water partition coefficient (Wildman–Crippen LogP) is 2.84. The largest absolute Gasteiger partial charge is 0.300 e. The molecule has 14 heavy (non-hydrogen) atoms. The maximum absolute atomic E-state index is 13.0. The van der Waals surface area contributed by atoms with Gasteiger partial charge in [0, 0.05) is 12.8 Å². The molecule has 1 saturated carbocycles. The Bertz CT molecular complexity index is 372. The van der Waals surface area contributed by atoms with Gasteiger partial charge in [0.05, 0.1) is 0 Å². The lowest BCUT2D eigenvalue weighted by Gasteiger charge is -2.22. The summed E-state index contributed by atoms with van der Waals surface area (Å²) >= 11 is 0. The Hall–Kier alpha value is -1.18. The van der Waals surface area contributed by atoms with Crippen molar-refractivity contribution in [2.75, 3.05) is 0 Å². The van der Waals surface area contributed by atoms with Gasteiger partial charge in [-0.15, -0.1) is 0 Å². The third-order valence-electron chi connectivity index (χ3n) is 3.06. The molecule has 0 amide bonds. The molecule has 1 aromatic carbocycles. The van der Waals surface area contributed by atoms with Crippen molar-refractivity contribution in [3.05, 3.63) is 35.6 Å². The number of Topliss-reactive ketones (excluding diaryl/α,β-unsaturated/α-hetero) is 1. The maximum atomic E-state index is 13.0. The first kappa shape index (κ1) is 9.38. The molecule has 2 rings (SSSR count). The van der Waals surface area contributed by atoms with E-state index in [1.165, 1.54) is 6.07 Å². The molecule has 0 spiro atoms. The van der Waals surface area contributed by atoms with Crippen LogP contribution in [0.5, 0.6) is 0 Å². The Balaban J connectivity index is 2.34. The van der Waals surface area contributed by atoms with Crippen LogP contribution in [0.25, 0.3) is 0 Å². The van der Waals surface area contributed by atoms with Gasteiger partial charge in [-0.25, -0.2) is 4.39 Å². The van der Waals surface area contributed by atoms with E-state index in [-0.39, 0.29) is 17.0 Å². The second kappa shape index (κ2) is 3.19. The van der Waals surface area contributed by atoms with Crippen LogP contribution in [-0.2, 0) is 10.2 Å². The van der Waals surface area contributed by atoms with E-state index >= 15 is 0 Å². The lowest BCUT2D eigenvalue weighted by atomic mass is 9.81. The van der Waals surface area contributed by atoms with Gasteiger partial charge in [-0.1, -0.05) is 19.1 Å². The summed E-state index contributed by atoms with van der Waals surface area (Å²) < 4.78 is 13.0. The monoisotopic (exact) mass is 192 g/mol. The van der Waals surface area contributed by atoms with Gasteiger partial charge in [-0.3, -0.25) is 4.79 Å². The van der Waals surface area contributed by atoms with Crippen LogP contribution in [0.2, 0.25) is 0 Å². The number of halogens is 1. The molecular weight excluding hydrogens is 179 g/mol. The standard InChI is InChI=1S/C12H13FO/c1-12(6-5-11(14)8-12)9-3-2-4-10(13)7-9/h2-4,7H,5-6,8H2,1H3. The molecule has 1 aliphatic carbocycles. The second-order valence-corrected chi connectivity index (χ2v) is 4.29. The molecule has 1 atom stereocenters. The van der Waals surface area contributed by atoms with Gasteiger partial charge in [-0.05, 0) is 29.5 Å². The van der Waals surface area contributed by atoms with Crippen LogP contribution in [-0.4, -0.2) is 5.78 Å². The summed E-state index contributed by atoms with van der Waals surface area (Å²) in [4.78, 5) is 11.2. The zero-order chi connectivity index (χ0) is 10.2. The average molecular weight is 192 g/mol. The van der Waals surface area contributed by atoms with E-state index in [2.05, 4.69) is 0 Å². The molecule has 2 heteroatoms. The Labute approximate surface area is 82.9 Å². The quantitative estimate of drug-likeness (QED) is 0.668. The fourth-order valence-corrected chi connectivity index (χ4v) is 2.14. The molecule has 1 aromatic rings. The van der Waals surface area contributed by atoms with Crippen molar-refractivity contribution < 1.29 is 9.18 Å². The van der Waals surface area contributed by atoms with Crippen LogP contribution in [0.15, 0.2) is 24.3 Å². The minimum atomic E-state index is -0.219. The molecule has 0 radical (unpaired) electrons. The Morgan fingerprint density at radius 3 is 2.79 bits per heavy atom. The highest BCUT2D eigenvalue weighted by Gasteiger charge is 2.35. The van der Waals surface area contributed by atoms with Crippen molar-refractivity contribution in [3.63, 3.8) is 0 Å². The molecule has 1 aliphatic rings. The molecule has 1 fully saturated rings. The Kier molecular flexibility index (Phi) is 2.14. The van der Waals surface area contributed by atoms with Crippen molar-refractivity contribution in [1.82, 2.24) is 0 Å². The van der Waals surface area contributed by atoms with Crippen LogP contribution < -0.4 is 0 Å². The van der Waals surface area contributed by atoms with E-state index in [9.17, 15) is 9.18 Å². The Morgan fingerprint density at radius 2 is 2.21 bits per heavy atom. The highest BCUT2D eigenvalue weighted by atomic mass is 19.1. The third kappa shape index (κ3) is 1.57. The molecule has 1 unspecified atom stereocenters. The van der Waals surface area contributed by atoms with Crippen molar-refractivity contribution in [2.24, 2.45) is 0 Å². The maximum Gasteiger partial charge on any atom is 0.133 e. The molecule has 0 heterocycles. The number of carbonyl (C=O) groups is 1. The SMILES string of the molecule is CC1(c2cccc(F)c2)CCC(=O)C1. The summed E-state index contributed by atoms with van der Waals surface area (Å²) in [6.45, 7) is 2.03. The van der Waals surface area contributed by atoms with Crippen molar-refractivity contribution in [2.45, 2.75) is 31.6 Å². The second-order valence-electron chi connectivity index (χ2n) is 4.29. The number of rotatable bonds is 1.